The molecular weight excluding hydrogens is 308 g/mol. The van der Waals surface area contributed by atoms with E-state index in [4.69, 9.17) is 0 Å². The van der Waals surface area contributed by atoms with Gasteiger partial charge in [-0.2, -0.15) is 0 Å². The molecule has 2 heteroatoms. The molecule has 90 valence electrons. The van der Waals surface area contributed by atoms with Crippen molar-refractivity contribution in [1.29, 1.82) is 0 Å². The zero-order chi connectivity index (χ0) is 13.1. The van der Waals surface area contributed by atoms with E-state index in [1.54, 1.807) is 0 Å². The number of hydrogen-bond donors (Lipinski definition) is 0. The smallest absolute Gasteiger partial charge is 0.296 e. The van der Waals surface area contributed by atoms with Crippen molar-refractivity contribution in [1.82, 2.24) is 0 Å². The van der Waals surface area contributed by atoms with Gasteiger partial charge in [0.1, 0.15) is 0 Å². The van der Waals surface area contributed by atoms with Gasteiger partial charge in [0.05, 0.1) is 0 Å². The van der Waals surface area contributed by atoms with Crippen LogP contribution in [0.15, 0.2) is 66.7 Å². The van der Waals surface area contributed by atoms with Crippen LogP contribution in [0, 0.1) is 0 Å². The van der Waals surface area contributed by atoms with Gasteiger partial charge in [-0.25, -0.2) is 0 Å². The van der Waals surface area contributed by atoms with Gasteiger partial charge in [-0.3, -0.25) is 12.9 Å². The first kappa shape index (κ1) is 13.2. The molecular formula is C17H13BrMg. The third kappa shape index (κ3) is 2.86. The molecule has 0 aliphatic rings. The topological polar surface area (TPSA) is 0 Å². The molecule has 0 nitrogen and oxygen atoms in total. The second kappa shape index (κ2) is 6.08. The Bertz CT molecular complexity index is 701. The van der Waals surface area contributed by atoms with Crippen LogP contribution in [0.25, 0.3) is 10.8 Å². The van der Waals surface area contributed by atoms with Crippen LogP contribution in [0.2, 0.25) is 0 Å². The average molecular weight is 322 g/mol. The summed E-state index contributed by atoms with van der Waals surface area (Å²) in [5.74, 6) is 0. The Labute approximate surface area is 129 Å². The van der Waals surface area contributed by atoms with Crippen LogP contribution in [0.4, 0.5) is 0 Å². The SMILES string of the molecule is [Br][Mg][c]1ccccc1Cc1cccc2ccccc12. The third-order valence-electron chi connectivity index (χ3n) is 3.52. The van der Waals surface area contributed by atoms with E-state index in [2.05, 4.69) is 79.6 Å². The van der Waals surface area contributed by atoms with Gasteiger partial charge >= 0.3 is 18.2 Å². The first-order valence-electron chi connectivity index (χ1n) is 6.48. The zero-order valence-electron chi connectivity index (χ0n) is 10.6. The van der Waals surface area contributed by atoms with E-state index in [0.29, 0.717) is 0 Å². The number of benzene rings is 3. The highest BCUT2D eigenvalue weighted by Crippen LogP contribution is 2.20. The van der Waals surface area contributed by atoms with Gasteiger partial charge < -0.3 is 0 Å². The van der Waals surface area contributed by atoms with Gasteiger partial charge in [0, 0.05) is 0 Å². The standard InChI is InChI=1S/C17H13.BrH.Mg/c1-2-7-14(8-3-1)13-16-11-6-10-15-9-4-5-12-17(15)16;;/h1-7,9-12H,13H2;1H;/q;;+1/p-1. The van der Waals surface area contributed by atoms with E-state index in [1.165, 1.54) is 25.6 Å². The minimum atomic E-state index is -0.293. The molecule has 0 saturated carbocycles. The van der Waals surface area contributed by atoms with Gasteiger partial charge in [0.2, 0.25) is 0 Å². The summed E-state index contributed by atoms with van der Waals surface area (Å²) in [7, 11) is 0. The molecule has 3 aromatic rings. The first-order chi connectivity index (χ1) is 9.38. The van der Waals surface area contributed by atoms with Crippen molar-refractivity contribution < 1.29 is 0 Å². The fraction of sp³-hybridized carbons (Fsp3) is 0.0588. The predicted molar refractivity (Wildman–Crippen MR) is 87.5 cm³/mol. The molecule has 0 heterocycles. The predicted octanol–water partition coefficient (Wildman–Crippen LogP) is 4.07. The van der Waals surface area contributed by atoms with Crippen molar-refractivity contribution in [2.45, 2.75) is 6.42 Å². The van der Waals surface area contributed by atoms with Crippen molar-refractivity contribution >= 4 is 45.5 Å². The Morgan fingerprint density at radius 3 is 2.32 bits per heavy atom. The zero-order valence-corrected chi connectivity index (χ0v) is 13.6. The molecule has 0 N–H and O–H groups in total. The summed E-state index contributed by atoms with van der Waals surface area (Å²) in [6.07, 6.45) is 1.02. The van der Waals surface area contributed by atoms with Crippen molar-refractivity contribution in [2.75, 3.05) is 0 Å². The summed E-state index contributed by atoms with van der Waals surface area (Å²) in [5, 5.41) is 2.70. The lowest BCUT2D eigenvalue weighted by Gasteiger charge is -2.10. The summed E-state index contributed by atoms with van der Waals surface area (Å²) in [5.41, 5.74) is 2.88. The molecule has 0 aliphatic carbocycles. The van der Waals surface area contributed by atoms with E-state index < -0.39 is 0 Å². The molecule has 0 atom stereocenters. The van der Waals surface area contributed by atoms with Crippen LogP contribution in [0.3, 0.4) is 0 Å². The molecule has 19 heavy (non-hydrogen) atoms. The number of hydrogen-bond acceptors (Lipinski definition) is 0. The quantitative estimate of drug-likeness (QED) is 0.638. The molecule has 0 aliphatic heterocycles. The van der Waals surface area contributed by atoms with Gasteiger partial charge in [0.25, 0.3) is 0 Å². The fourth-order valence-corrected chi connectivity index (χ4v) is 4.79. The van der Waals surface area contributed by atoms with Gasteiger partial charge in [-0.1, -0.05) is 72.3 Å². The summed E-state index contributed by atoms with van der Waals surface area (Å²) in [4.78, 5) is 0. The molecule has 0 fully saturated rings. The summed E-state index contributed by atoms with van der Waals surface area (Å²) in [6, 6.07) is 24.0. The highest BCUT2D eigenvalue weighted by Gasteiger charge is 2.06. The fourth-order valence-electron chi connectivity index (χ4n) is 2.51. The molecule has 0 unspecified atom stereocenters. The Kier molecular flexibility index (Phi) is 4.21. The van der Waals surface area contributed by atoms with Crippen LogP contribution in [0.1, 0.15) is 11.1 Å². The van der Waals surface area contributed by atoms with Gasteiger partial charge in [-0.15, -0.1) is 3.69 Å². The van der Waals surface area contributed by atoms with Crippen molar-refractivity contribution in [2.24, 2.45) is 0 Å². The van der Waals surface area contributed by atoms with E-state index >= 15 is 0 Å². The molecule has 3 rings (SSSR count). The Morgan fingerprint density at radius 2 is 1.42 bits per heavy atom. The maximum Gasteiger partial charge on any atom is 0.507 e. The maximum atomic E-state index is 3.71. The van der Waals surface area contributed by atoms with Crippen LogP contribution in [-0.4, -0.2) is 18.2 Å². The van der Waals surface area contributed by atoms with E-state index in [0.717, 1.165) is 6.42 Å². The minimum Gasteiger partial charge on any atom is -0.296 e. The Morgan fingerprint density at radius 1 is 0.737 bits per heavy atom. The van der Waals surface area contributed by atoms with Crippen LogP contribution >= 0.6 is 12.9 Å². The number of halogens is 1. The molecule has 0 bridgehead atoms. The lowest BCUT2D eigenvalue weighted by Crippen LogP contribution is -2.14. The molecule has 0 aromatic heterocycles. The number of rotatable bonds is 3. The molecule has 3 aromatic carbocycles. The molecule has 0 spiro atoms. The van der Waals surface area contributed by atoms with Gasteiger partial charge in [-0.05, 0) is 22.8 Å². The normalized spacial score (nSPS) is 10.4. The van der Waals surface area contributed by atoms with Gasteiger partial charge in [0.15, 0.2) is 0 Å². The first-order valence-corrected chi connectivity index (χ1v) is 11.1. The van der Waals surface area contributed by atoms with Crippen molar-refractivity contribution in [3.05, 3.63) is 77.9 Å². The Hall–Kier alpha value is -0.834. The van der Waals surface area contributed by atoms with Crippen molar-refractivity contribution in [3.63, 3.8) is 0 Å². The second-order valence-corrected chi connectivity index (χ2v) is 7.43. The van der Waals surface area contributed by atoms with Crippen molar-refractivity contribution in [3.8, 4) is 0 Å². The maximum absolute atomic E-state index is 3.71. The lowest BCUT2D eigenvalue weighted by molar-refractivity contribution is 1.23. The number of fused-ring (bicyclic) bond motifs is 1. The van der Waals surface area contributed by atoms with Crippen LogP contribution in [0.5, 0.6) is 0 Å². The second-order valence-electron chi connectivity index (χ2n) is 4.72. The van der Waals surface area contributed by atoms with Crippen LogP contribution in [-0.2, 0) is 6.42 Å². The van der Waals surface area contributed by atoms with E-state index in [1.807, 2.05) is 0 Å². The molecule has 0 radical (unpaired) electrons. The van der Waals surface area contributed by atoms with E-state index in [-0.39, 0.29) is 18.2 Å². The largest absolute Gasteiger partial charge is 0.507 e. The average Bonchev–Trinajstić information content (AvgIpc) is 2.48. The monoisotopic (exact) mass is 320 g/mol. The lowest BCUT2D eigenvalue weighted by atomic mass is 9.98. The third-order valence-corrected chi connectivity index (χ3v) is 6.31. The summed E-state index contributed by atoms with van der Waals surface area (Å²) < 4.78 is 1.51. The minimum absolute atomic E-state index is 0.293. The highest BCUT2D eigenvalue weighted by molar-refractivity contribution is 9.23. The van der Waals surface area contributed by atoms with Crippen LogP contribution < -0.4 is 3.69 Å². The molecule has 0 amide bonds. The summed E-state index contributed by atoms with van der Waals surface area (Å²) in [6.45, 7) is 0. The highest BCUT2D eigenvalue weighted by atomic mass is 79.9. The Balaban J connectivity index is 2.06. The molecule has 0 saturated heterocycles. The summed E-state index contributed by atoms with van der Waals surface area (Å²) >= 11 is 3.42. The van der Waals surface area contributed by atoms with E-state index in [9.17, 15) is 0 Å².